The first-order valence-electron chi connectivity index (χ1n) is 10.1. The van der Waals surface area contributed by atoms with E-state index < -0.39 is 5.97 Å². The molecule has 0 bridgehead atoms. The summed E-state index contributed by atoms with van der Waals surface area (Å²) in [6.07, 6.45) is 3.51. The number of benzene rings is 1. The molecule has 10 heteroatoms. The van der Waals surface area contributed by atoms with Gasteiger partial charge in [-0.05, 0) is 6.07 Å². The summed E-state index contributed by atoms with van der Waals surface area (Å²) < 4.78 is 7.28. The second-order valence-electron chi connectivity index (χ2n) is 7.42. The number of carbonyl (C=O) groups is 1. The van der Waals surface area contributed by atoms with Crippen molar-refractivity contribution in [2.45, 2.75) is 6.92 Å². The molecule has 4 aromatic rings. The number of fused-ring (bicyclic) bond motifs is 1. The van der Waals surface area contributed by atoms with E-state index in [9.17, 15) is 9.90 Å². The first-order valence-corrected chi connectivity index (χ1v) is 12.1. The number of nitrogens with zero attached hydrogens (tertiary/aromatic N) is 5. The molecular weight excluding hydrogens is 489 g/mol. The van der Waals surface area contributed by atoms with Crippen LogP contribution in [0.4, 0.5) is 5.82 Å². The number of carboxylic acid groups (broad SMARTS) is 1. The average molecular weight is 509 g/mol. The topological polar surface area (TPSA) is 101 Å². The van der Waals surface area contributed by atoms with Crippen molar-refractivity contribution >= 4 is 54.8 Å². The van der Waals surface area contributed by atoms with Crippen LogP contribution in [-0.2, 0) is 4.74 Å². The van der Waals surface area contributed by atoms with Crippen LogP contribution >= 0.6 is 11.3 Å². The Hall–Kier alpha value is -2.87. The molecule has 1 aliphatic heterocycles. The van der Waals surface area contributed by atoms with Crippen LogP contribution < -0.4 is 9.51 Å². The molecule has 0 amide bonds. The second-order valence-corrected chi connectivity index (χ2v) is 9.52. The van der Waals surface area contributed by atoms with E-state index in [1.807, 2.05) is 13.0 Å². The minimum atomic E-state index is -0.942. The van der Waals surface area contributed by atoms with Gasteiger partial charge in [-0.3, -0.25) is 0 Å². The van der Waals surface area contributed by atoms with Gasteiger partial charge in [0, 0.05) is 0 Å². The number of aromatic nitrogens is 4. The van der Waals surface area contributed by atoms with Gasteiger partial charge in [-0.2, -0.15) is 0 Å². The molecule has 3 aromatic heterocycles. The number of ether oxygens (including phenoxy) is 1. The van der Waals surface area contributed by atoms with Crippen molar-refractivity contribution in [3.63, 3.8) is 0 Å². The summed E-state index contributed by atoms with van der Waals surface area (Å²) in [5, 5.41) is 9.41. The predicted octanol–water partition coefficient (Wildman–Crippen LogP) is 1.92. The maximum absolute atomic E-state index is 11.5. The molecule has 0 aliphatic carbocycles. The number of morpholine rings is 1. The molecule has 1 aromatic carbocycles. The van der Waals surface area contributed by atoms with E-state index in [0.717, 1.165) is 55.3 Å². The van der Waals surface area contributed by atoms with E-state index in [0.29, 0.717) is 19.0 Å². The van der Waals surface area contributed by atoms with Crippen LogP contribution in [0.5, 0.6) is 0 Å². The van der Waals surface area contributed by atoms with Gasteiger partial charge in [-0.1, -0.05) is 0 Å². The van der Waals surface area contributed by atoms with Gasteiger partial charge in [0.05, 0.1) is 0 Å². The summed E-state index contributed by atoms with van der Waals surface area (Å²) in [4.78, 5) is 33.2. The molecule has 32 heavy (non-hydrogen) atoms. The van der Waals surface area contributed by atoms with Crippen LogP contribution in [0.2, 0.25) is 0 Å². The Balaban J connectivity index is 1.72. The summed E-state index contributed by atoms with van der Waals surface area (Å²) >= 11 is 2.96. The molecule has 4 heterocycles. The van der Waals surface area contributed by atoms with E-state index in [2.05, 4.69) is 14.9 Å². The predicted molar refractivity (Wildman–Crippen MR) is 127 cm³/mol. The molecule has 1 N–H and O–H groups in total. The van der Waals surface area contributed by atoms with Crippen LogP contribution in [0.1, 0.15) is 15.9 Å². The summed E-state index contributed by atoms with van der Waals surface area (Å²) in [7, 11) is 0. The molecule has 1 aliphatic rings. The SMILES string of the molecule is Cc1c(-c2cccc(C(=O)O)c2)sc2c(N3CCOCC3)nc(-c3cnc([AsH2])nc3)nc12. The molecule has 1 saturated heterocycles. The molecule has 1 atom stereocenters. The molecule has 162 valence electrons. The van der Waals surface area contributed by atoms with E-state index >= 15 is 0 Å². The van der Waals surface area contributed by atoms with Gasteiger partial charge in [0.2, 0.25) is 0 Å². The number of aryl methyl sites for hydroxylation is 1. The molecule has 0 saturated carbocycles. The quantitative estimate of drug-likeness (QED) is 0.417. The monoisotopic (exact) mass is 509 g/mol. The number of carboxylic acids is 1. The number of hydrogen-bond donors (Lipinski definition) is 1. The molecule has 1 fully saturated rings. The van der Waals surface area contributed by atoms with Crippen molar-refractivity contribution in [2.75, 3.05) is 31.2 Å². The zero-order chi connectivity index (χ0) is 22.2. The summed E-state index contributed by atoms with van der Waals surface area (Å²) in [6.45, 7) is 4.82. The fourth-order valence-corrected chi connectivity index (χ4v) is 5.29. The van der Waals surface area contributed by atoms with Gasteiger partial charge in [-0.25, -0.2) is 4.79 Å². The second kappa shape index (κ2) is 8.58. The van der Waals surface area contributed by atoms with Gasteiger partial charge >= 0.3 is 181 Å². The van der Waals surface area contributed by atoms with E-state index in [1.165, 1.54) is 16.9 Å². The third-order valence-corrected chi connectivity index (χ3v) is 7.31. The summed E-state index contributed by atoms with van der Waals surface area (Å²) in [5.74, 6) is 0.507. The van der Waals surface area contributed by atoms with Gasteiger partial charge in [0.15, 0.2) is 0 Å². The van der Waals surface area contributed by atoms with Crippen LogP contribution in [0.3, 0.4) is 0 Å². The molecule has 5 rings (SSSR count). The van der Waals surface area contributed by atoms with Crippen LogP contribution in [0.15, 0.2) is 36.7 Å². The fraction of sp³-hybridized carbons (Fsp3) is 0.227. The minimum absolute atomic E-state index is 0.262. The average Bonchev–Trinajstić information content (AvgIpc) is 3.16. The maximum atomic E-state index is 11.5. The molecular formula is C22H20AsN5O3S. The Morgan fingerprint density at radius 1 is 1.16 bits per heavy atom. The van der Waals surface area contributed by atoms with Crippen molar-refractivity contribution in [1.29, 1.82) is 0 Å². The first-order chi connectivity index (χ1) is 15.5. The Morgan fingerprint density at radius 2 is 1.91 bits per heavy atom. The van der Waals surface area contributed by atoms with Crippen LogP contribution in [0.25, 0.3) is 32.0 Å². The Bertz CT molecular complexity index is 1320. The van der Waals surface area contributed by atoms with E-state index in [4.69, 9.17) is 14.7 Å². The molecule has 1 unspecified atom stereocenters. The van der Waals surface area contributed by atoms with Crippen molar-refractivity contribution in [1.82, 2.24) is 19.9 Å². The van der Waals surface area contributed by atoms with Gasteiger partial charge < -0.3 is 5.11 Å². The Kier molecular flexibility index (Phi) is 5.63. The fourth-order valence-electron chi connectivity index (χ4n) is 3.71. The van der Waals surface area contributed by atoms with Crippen LogP contribution in [-0.4, -0.2) is 74.2 Å². The number of anilines is 1. The first kappa shape index (κ1) is 21.0. The van der Waals surface area contributed by atoms with Crippen molar-refractivity contribution < 1.29 is 14.6 Å². The van der Waals surface area contributed by atoms with Gasteiger partial charge in [0.25, 0.3) is 0 Å². The number of hydrogen-bond acceptors (Lipinski definition) is 8. The van der Waals surface area contributed by atoms with Gasteiger partial charge in [-0.15, -0.1) is 0 Å². The van der Waals surface area contributed by atoms with Gasteiger partial charge in [0.1, 0.15) is 0 Å². The zero-order valence-corrected chi connectivity index (χ0v) is 20.5. The third kappa shape index (κ3) is 3.88. The van der Waals surface area contributed by atoms with Crippen molar-refractivity contribution in [3.8, 4) is 21.8 Å². The number of thiophene rings is 1. The number of aromatic carboxylic acids is 1. The van der Waals surface area contributed by atoms with Crippen LogP contribution in [0, 0.1) is 6.92 Å². The molecule has 0 spiro atoms. The summed E-state index contributed by atoms with van der Waals surface area (Å²) in [5.41, 5.74) is 3.76. The third-order valence-electron chi connectivity index (χ3n) is 5.36. The van der Waals surface area contributed by atoms with E-state index in [-0.39, 0.29) is 5.56 Å². The van der Waals surface area contributed by atoms with E-state index in [1.54, 1.807) is 41.9 Å². The Labute approximate surface area is 196 Å². The van der Waals surface area contributed by atoms with Crippen molar-refractivity contribution in [3.05, 3.63) is 47.8 Å². The number of rotatable bonds is 4. The standard InChI is InChI=1S/C22H20AsN5O3S/c1-12-16-18(32-17(12)13-3-2-4-14(9-13)21(29)30)20(28-5-7-31-8-6-28)27-19(26-16)15-10-24-22(23)25-11-15/h2-4,9-11H,5-8,23H2,1H3,(H,29,30). The normalized spacial score (nSPS) is 14.1. The molecule has 8 nitrogen and oxygen atoms in total. The molecule has 0 radical (unpaired) electrons. The summed E-state index contributed by atoms with van der Waals surface area (Å²) in [6, 6.07) is 7.01. The Morgan fingerprint density at radius 3 is 2.62 bits per heavy atom. The zero-order valence-electron chi connectivity index (χ0n) is 17.3. The van der Waals surface area contributed by atoms with Crippen molar-refractivity contribution in [2.24, 2.45) is 0 Å².